The van der Waals surface area contributed by atoms with Crippen LogP contribution in [0.2, 0.25) is 0 Å². The molecule has 0 unspecified atom stereocenters. The predicted octanol–water partition coefficient (Wildman–Crippen LogP) is 32.4. The molecule has 6 aliphatic rings. The molecule has 30 heteroatoms. The molecule has 20 rings (SSSR count). The summed E-state index contributed by atoms with van der Waals surface area (Å²) in [6, 6.07) is 34.6. The van der Waals surface area contributed by atoms with Gasteiger partial charge in [-0.2, -0.15) is 30.7 Å². The lowest BCUT2D eigenvalue weighted by Crippen LogP contribution is -2.41. The third-order valence-corrected chi connectivity index (χ3v) is 24.3. The standard InChI is InChI=1S/C16H10F6.C16H12F4.2C15H10F4.2C15H11F3O.C13H11F3O/c1-7-3-5-9-10-6-4-8(2)14(18)12(10)16(21,22)15(19,20)11(9)13(7)17;1-7-5-9-3-4-10-6-8(2)14(18)16(20)12(10)11(9)15(19)13(7)17;1-6-3-8-5-9-4-7(2)13(17)15(19)11(9)10(8)14(18)12(6)16;1-7-3-5-9-10-6-4-8(2)14(17)12(10)15(18,19)11(9)13(7)16;1-7-3-4-11-9(13(7)16)6-10-12(19-11)5-8(2)14(17)15(10)18;1-7-3-4-9-6-10-5-8(2)11(16)13(18)15(10)19-14(9)12(7)17;1-8-3-6-11-10(7-8)5-4-9(2)12(11)17-13(14,15)16/h3-6H,1-2H3;5-6H,3-4H2,1-2H3;3-4H,5H2,1-2H3;3-6H,1-2H3;2*3-5H,6H2,1-2H3;3-7H,1-2H3. The summed E-state index contributed by atoms with van der Waals surface area (Å²) in [5, 5.41) is 1.22. The van der Waals surface area contributed by atoms with Crippen LogP contribution < -0.4 is 14.2 Å². The largest absolute Gasteiger partial charge is 0.573 e. The minimum Gasteiger partial charge on any atom is -0.457 e. The number of hydrogen-bond donors (Lipinski definition) is 0. The smallest absolute Gasteiger partial charge is 0.457 e. The van der Waals surface area contributed by atoms with Crippen molar-refractivity contribution in [2.24, 2.45) is 0 Å². The molecule has 0 atom stereocenters. The Kier molecular flexibility index (Phi) is 26.3. The average Bonchev–Trinajstić information content (AvgIpc) is 1.65. The number of alkyl halides is 9. The van der Waals surface area contributed by atoms with Gasteiger partial charge < -0.3 is 14.2 Å². The molecule has 702 valence electrons. The highest BCUT2D eigenvalue weighted by molar-refractivity contribution is 5.90. The van der Waals surface area contributed by atoms with E-state index in [9.17, 15) is 119 Å². The molecule has 0 radical (unpaired) electrons. The molecular weight excluding hydrogens is 1820 g/mol. The van der Waals surface area contributed by atoms with Crippen molar-refractivity contribution in [2.45, 2.75) is 153 Å². The number of fused-ring (bicyclic) bond motifs is 17. The summed E-state index contributed by atoms with van der Waals surface area (Å²) < 4.78 is 387. The number of ether oxygens (including phenoxy) is 3. The van der Waals surface area contributed by atoms with Crippen molar-refractivity contribution in [1.29, 1.82) is 0 Å². The van der Waals surface area contributed by atoms with Crippen molar-refractivity contribution < 1.29 is 133 Å². The molecule has 0 amide bonds. The van der Waals surface area contributed by atoms with Crippen LogP contribution in [0.3, 0.4) is 0 Å². The van der Waals surface area contributed by atoms with Crippen LogP contribution in [0.4, 0.5) is 119 Å². The second kappa shape index (κ2) is 36.2. The number of halogens is 27. The summed E-state index contributed by atoms with van der Waals surface area (Å²) in [5.74, 6) is -30.9. The number of hydrogen-bond acceptors (Lipinski definition) is 3. The second-order valence-corrected chi connectivity index (χ2v) is 33.8. The Labute approximate surface area is 755 Å². The van der Waals surface area contributed by atoms with E-state index in [1.165, 1.54) is 142 Å². The van der Waals surface area contributed by atoms with Crippen LogP contribution >= 0.6 is 0 Å². The fourth-order valence-corrected chi connectivity index (χ4v) is 17.2. The zero-order valence-electron chi connectivity index (χ0n) is 73.7. The maximum atomic E-state index is 14.3. The Balaban J connectivity index is 0.000000126. The normalized spacial score (nSPS) is 13.8. The molecule has 0 fully saturated rings. The van der Waals surface area contributed by atoms with Crippen LogP contribution in [-0.4, -0.2) is 6.36 Å². The van der Waals surface area contributed by atoms with Crippen LogP contribution in [0.5, 0.6) is 28.7 Å². The first-order valence-corrected chi connectivity index (χ1v) is 41.5. The van der Waals surface area contributed by atoms with Crippen LogP contribution in [0.15, 0.2) is 140 Å². The molecule has 0 saturated heterocycles. The molecule has 14 aromatic carbocycles. The third kappa shape index (κ3) is 17.3. The van der Waals surface area contributed by atoms with Gasteiger partial charge in [-0.1, -0.05) is 127 Å². The van der Waals surface area contributed by atoms with E-state index in [2.05, 4.69) is 4.74 Å². The maximum absolute atomic E-state index is 14.3. The van der Waals surface area contributed by atoms with E-state index in [0.29, 0.717) is 86.9 Å². The Morgan fingerprint density at radius 1 is 0.259 bits per heavy atom. The Morgan fingerprint density at radius 2 is 0.593 bits per heavy atom. The van der Waals surface area contributed by atoms with Gasteiger partial charge in [0.05, 0.1) is 22.3 Å². The molecule has 3 nitrogen and oxygen atoms in total. The molecule has 0 bridgehead atoms. The number of rotatable bonds is 1. The summed E-state index contributed by atoms with van der Waals surface area (Å²) in [6.07, 6.45) is -3.05. The monoisotopic (exact) mass is 1900 g/mol. The van der Waals surface area contributed by atoms with Crippen LogP contribution in [0.1, 0.15) is 145 Å². The Morgan fingerprint density at radius 3 is 1.04 bits per heavy atom. The molecular formula is C105H75F27O3. The second-order valence-electron chi connectivity index (χ2n) is 33.8. The summed E-state index contributed by atoms with van der Waals surface area (Å²) in [5.41, 5.74) is 1.46. The summed E-state index contributed by atoms with van der Waals surface area (Å²) in [4.78, 5) is 0. The van der Waals surface area contributed by atoms with Crippen LogP contribution in [0, 0.1) is 202 Å². The van der Waals surface area contributed by atoms with E-state index in [1.807, 2.05) is 13.0 Å². The maximum Gasteiger partial charge on any atom is 0.573 e. The lowest BCUT2D eigenvalue weighted by atomic mass is 9.78. The van der Waals surface area contributed by atoms with Gasteiger partial charge in [0.15, 0.2) is 81.3 Å². The van der Waals surface area contributed by atoms with Gasteiger partial charge in [-0.05, 0) is 257 Å². The molecule has 4 aliphatic carbocycles. The minimum absolute atomic E-state index is 0.00120. The van der Waals surface area contributed by atoms with Gasteiger partial charge in [-0.25, -0.2) is 74.6 Å². The van der Waals surface area contributed by atoms with Crippen molar-refractivity contribution in [2.75, 3.05) is 0 Å². The average molecular weight is 1900 g/mol. The highest BCUT2D eigenvalue weighted by Gasteiger charge is 2.65. The van der Waals surface area contributed by atoms with Crippen molar-refractivity contribution >= 4 is 10.8 Å². The van der Waals surface area contributed by atoms with E-state index in [4.69, 9.17) is 9.47 Å². The number of aryl methyl sites for hydroxylation is 16. The third-order valence-electron chi connectivity index (χ3n) is 24.3. The van der Waals surface area contributed by atoms with Gasteiger partial charge in [-0.3, -0.25) is 0 Å². The summed E-state index contributed by atoms with van der Waals surface area (Å²) >= 11 is 0. The number of benzene rings is 14. The van der Waals surface area contributed by atoms with E-state index in [0.717, 1.165) is 23.1 Å². The van der Waals surface area contributed by atoms with Gasteiger partial charge in [0.1, 0.15) is 46.3 Å². The van der Waals surface area contributed by atoms with E-state index >= 15 is 0 Å². The topological polar surface area (TPSA) is 27.7 Å². The molecule has 0 aromatic heterocycles. The summed E-state index contributed by atoms with van der Waals surface area (Å²) in [7, 11) is 0. The quantitative estimate of drug-likeness (QED) is 0.153. The van der Waals surface area contributed by atoms with Crippen molar-refractivity contribution in [3.05, 3.63) is 389 Å². The first kappa shape index (κ1) is 97.9. The van der Waals surface area contributed by atoms with Crippen molar-refractivity contribution in [1.82, 2.24) is 0 Å². The SMILES string of the molecule is Cc1cc2c(c(F)c1F)-c1c(cc(C)c(F)c1F)C2.Cc1cc2c(c(F)c1F)-c1c(cc(C)c(F)c1F)CC2.Cc1cc2c(c(F)c1F)Cc1c(ccc(C)c1F)O2.Cc1cc2c(c(F)c1F)Oc1c(ccc(C)c1F)C2.Cc1ccc2c(OC(F)(F)F)c(C)ccc2c1.Cc1ccc2c(c1F)C(F)(F)C(F)(F)c1c-2ccc(C)c1F.Cc1ccc2c(c1F)C(F)(F)c1c-2ccc(C)c1F. The van der Waals surface area contributed by atoms with Crippen LogP contribution in [0.25, 0.3) is 55.3 Å². The van der Waals surface area contributed by atoms with Gasteiger partial charge in [0.2, 0.25) is 5.82 Å². The van der Waals surface area contributed by atoms with Gasteiger partial charge in [0, 0.05) is 62.7 Å². The minimum atomic E-state index is -4.83. The fourth-order valence-electron chi connectivity index (χ4n) is 17.2. The molecule has 0 saturated carbocycles. The van der Waals surface area contributed by atoms with E-state index in [-0.39, 0.29) is 130 Å². The summed E-state index contributed by atoms with van der Waals surface area (Å²) in [6.45, 7) is 20.7. The molecule has 2 aliphatic heterocycles. The Hall–Kier alpha value is -13.2. The first-order valence-electron chi connectivity index (χ1n) is 41.5. The van der Waals surface area contributed by atoms with Gasteiger partial charge in [-0.15, -0.1) is 13.2 Å². The predicted molar refractivity (Wildman–Crippen MR) is 456 cm³/mol. The highest BCUT2D eigenvalue weighted by atomic mass is 19.4. The zero-order valence-corrected chi connectivity index (χ0v) is 73.7. The molecule has 0 spiro atoms. The zero-order chi connectivity index (χ0) is 99.0. The molecule has 14 aromatic rings. The van der Waals surface area contributed by atoms with Crippen molar-refractivity contribution in [3.8, 4) is 73.3 Å². The lowest BCUT2D eigenvalue weighted by Gasteiger charge is -2.35. The molecule has 2 heterocycles. The van der Waals surface area contributed by atoms with E-state index < -0.39 is 162 Å². The van der Waals surface area contributed by atoms with Crippen molar-refractivity contribution in [3.63, 3.8) is 0 Å². The molecule has 135 heavy (non-hydrogen) atoms. The van der Waals surface area contributed by atoms with Crippen LogP contribution in [-0.2, 0) is 49.9 Å². The first-order chi connectivity index (χ1) is 63.1. The Bertz CT molecular complexity index is 6920. The highest BCUT2D eigenvalue weighted by Crippen LogP contribution is 2.61. The van der Waals surface area contributed by atoms with Gasteiger partial charge in [0.25, 0.3) is 0 Å². The lowest BCUT2D eigenvalue weighted by molar-refractivity contribution is -0.274. The van der Waals surface area contributed by atoms with E-state index in [1.54, 1.807) is 69.3 Å². The van der Waals surface area contributed by atoms with Gasteiger partial charge >= 0.3 is 24.1 Å². The molecule has 0 N–H and O–H groups in total. The fraction of sp³-hybridized carbons (Fsp3) is 0.219.